The zero-order valence-corrected chi connectivity index (χ0v) is 17.8. The SMILES string of the molecule is CC(C)C[C@H](N[C@@H]1CC[C@H]2CN(S(=O)(=O)c3cccc(C(F)(F)F)c3)C[C@H]21)C(N)=O. The minimum atomic E-state index is -4.61. The number of benzene rings is 1. The molecule has 3 rings (SSSR count). The molecule has 3 N–H and O–H groups in total. The maximum atomic E-state index is 13.0. The van der Waals surface area contributed by atoms with Crippen molar-refractivity contribution < 1.29 is 26.4 Å². The molecule has 10 heteroatoms. The molecule has 0 spiro atoms. The number of sulfonamides is 1. The lowest BCUT2D eigenvalue weighted by Gasteiger charge is -2.26. The van der Waals surface area contributed by atoms with Crippen LogP contribution in [0.4, 0.5) is 13.2 Å². The Bertz CT molecular complexity index is 889. The van der Waals surface area contributed by atoms with Gasteiger partial charge in [-0.2, -0.15) is 17.5 Å². The Morgan fingerprint density at radius 3 is 2.57 bits per heavy atom. The van der Waals surface area contributed by atoms with Crippen LogP contribution in [0, 0.1) is 17.8 Å². The minimum Gasteiger partial charge on any atom is -0.368 e. The van der Waals surface area contributed by atoms with E-state index in [2.05, 4.69) is 5.32 Å². The standard InChI is InChI=1S/C20H28F3N3O3S/c1-12(2)8-18(19(24)27)25-17-7-6-13-10-26(11-16(13)17)30(28,29)15-5-3-4-14(9-15)20(21,22)23/h3-5,9,12-13,16-18,25H,6-8,10-11H2,1-2H3,(H2,24,27)/t13-,16+,17+,18-/m0/s1. The van der Waals surface area contributed by atoms with Gasteiger partial charge in [-0.05, 0) is 55.2 Å². The Balaban J connectivity index is 1.75. The molecule has 30 heavy (non-hydrogen) atoms. The molecular formula is C20H28F3N3O3S. The number of fused-ring (bicyclic) bond motifs is 1. The van der Waals surface area contributed by atoms with Crippen LogP contribution in [0.3, 0.4) is 0 Å². The summed E-state index contributed by atoms with van der Waals surface area (Å²) in [4.78, 5) is 11.4. The third-order valence-electron chi connectivity index (χ3n) is 6.09. The predicted molar refractivity (Wildman–Crippen MR) is 106 cm³/mol. The van der Waals surface area contributed by atoms with Crippen LogP contribution in [-0.4, -0.2) is 43.8 Å². The molecule has 1 heterocycles. The zero-order chi connectivity index (χ0) is 22.3. The predicted octanol–water partition coefficient (Wildman–Crippen LogP) is 2.59. The van der Waals surface area contributed by atoms with Crippen molar-refractivity contribution in [3.05, 3.63) is 29.8 Å². The Hall–Kier alpha value is -1.65. The van der Waals surface area contributed by atoms with Crippen molar-refractivity contribution in [3.8, 4) is 0 Å². The van der Waals surface area contributed by atoms with Crippen LogP contribution in [0.25, 0.3) is 0 Å². The van der Waals surface area contributed by atoms with Crippen LogP contribution >= 0.6 is 0 Å². The number of carbonyl (C=O) groups is 1. The smallest absolute Gasteiger partial charge is 0.368 e. The van der Waals surface area contributed by atoms with E-state index >= 15 is 0 Å². The number of carbonyl (C=O) groups excluding carboxylic acids is 1. The van der Waals surface area contributed by atoms with E-state index in [1.165, 1.54) is 10.4 Å². The monoisotopic (exact) mass is 447 g/mol. The maximum Gasteiger partial charge on any atom is 0.416 e. The van der Waals surface area contributed by atoms with Gasteiger partial charge in [0.05, 0.1) is 16.5 Å². The zero-order valence-electron chi connectivity index (χ0n) is 17.0. The van der Waals surface area contributed by atoms with Gasteiger partial charge in [-0.15, -0.1) is 0 Å². The van der Waals surface area contributed by atoms with Gasteiger partial charge in [0.2, 0.25) is 15.9 Å². The molecule has 168 valence electrons. The third kappa shape index (κ3) is 4.81. The molecule has 1 saturated carbocycles. The number of nitrogens with one attached hydrogen (secondary N) is 1. The number of rotatable bonds is 7. The number of hydrogen-bond donors (Lipinski definition) is 2. The van der Waals surface area contributed by atoms with Crippen molar-refractivity contribution in [1.29, 1.82) is 0 Å². The van der Waals surface area contributed by atoms with Gasteiger partial charge in [0.25, 0.3) is 0 Å². The van der Waals surface area contributed by atoms with E-state index in [-0.39, 0.29) is 41.8 Å². The second-order valence-corrected chi connectivity index (χ2v) is 10.6. The molecule has 1 amide bonds. The molecule has 1 saturated heterocycles. The van der Waals surface area contributed by atoms with Crippen molar-refractivity contribution in [2.45, 2.75) is 56.3 Å². The van der Waals surface area contributed by atoms with Crippen molar-refractivity contribution in [1.82, 2.24) is 9.62 Å². The van der Waals surface area contributed by atoms with Crippen molar-refractivity contribution in [3.63, 3.8) is 0 Å². The molecule has 1 aromatic rings. The van der Waals surface area contributed by atoms with Crippen LogP contribution in [0.1, 0.15) is 38.7 Å². The molecule has 2 aliphatic rings. The third-order valence-corrected chi connectivity index (χ3v) is 7.92. The summed E-state index contributed by atoms with van der Waals surface area (Å²) < 4.78 is 66.2. The molecule has 0 radical (unpaired) electrons. The highest BCUT2D eigenvalue weighted by Gasteiger charge is 2.47. The van der Waals surface area contributed by atoms with E-state index < -0.39 is 33.7 Å². The van der Waals surface area contributed by atoms with E-state index in [1.54, 1.807) is 0 Å². The lowest BCUT2D eigenvalue weighted by molar-refractivity contribution is -0.137. The largest absolute Gasteiger partial charge is 0.416 e. The molecular weight excluding hydrogens is 419 g/mol. The molecule has 0 aromatic heterocycles. The van der Waals surface area contributed by atoms with Crippen molar-refractivity contribution in [2.24, 2.45) is 23.5 Å². The van der Waals surface area contributed by atoms with Gasteiger partial charge < -0.3 is 11.1 Å². The van der Waals surface area contributed by atoms with E-state index in [1.807, 2.05) is 13.8 Å². The van der Waals surface area contributed by atoms with Gasteiger partial charge in [-0.3, -0.25) is 4.79 Å². The van der Waals surface area contributed by atoms with Crippen LogP contribution in [0.15, 0.2) is 29.2 Å². The molecule has 1 aliphatic heterocycles. The highest BCUT2D eigenvalue weighted by molar-refractivity contribution is 7.89. The summed E-state index contributed by atoms with van der Waals surface area (Å²) in [6.07, 6.45) is -2.41. The minimum absolute atomic E-state index is 0.000383. The summed E-state index contributed by atoms with van der Waals surface area (Å²) in [6, 6.07) is 3.32. The number of halogens is 3. The molecule has 1 aromatic carbocycles. The van der Waals surface area contributed by atoms with Gasteiger partial charge in [-0.1, -0.05) is 19.9 Å². The van der Waals surface area contributed by atoms with Gasteiger partial charge >= 0.3 is 6.18 Å². The molecule has 4 atom stereocenters. The summed E-state index contributed by atoms with van der Waals surface area (Å²) in [5.74, 6) is -0.0533. The summed E-state index contributed by atoms with van der Waals surface area (Å²) >= 11 is 0. The van der Waals surface area contributed by atoms with E-state index in [0.717, 1.165) is 25.0 Å². The average molecular weight is 448 g/mol. The van der Waals surface area contributed by atoms with Crippen molar-refractivity contribution >= 4 is 15.9 Å². The molecule has 6 nitrogen and oxygen atoms in total. The summed E-state index contributed by atoms with van der Waals surface area (Å²) in [7, 11) is -4.04. The first-order valence-corrected chi connectivity index (χ1v) is 11.6. The van der Waals surface area contributed by atoms with Crippen LogP contribution in [0.5, 0.6) is 0 Å². The number of amides is 1. The van der Waals surface area contributed by atoms with Crippen LogP contribution < -0.4 is 11.1 Å². The Morgan fingerprint density at radius 2 is 1.97 bits per heavy atom. The topological polar surface area (TPSA) is 92.5 Å². The fraction of sp³-hybridized carbons (Fsp3) is 0.650. The molecule has 2 fully saturated rings. The number of nitrogens with two attached hydrogens (primary N) is 1. The Labute approximate surface area is 175 Å². The van der Waals surface area contributed by atoms with Gasteiger partial charge in [-0.25, -0.2) is 8.42 Å². The van der Waals surface area contributed by atoms with E-state index in [0.29, 0.717) is 12.5 Å². The first-order valence-electron chi connectivity index (χ1n) is 10.1. The van der Waals surface area contributed by atoms with Gasteiger partial charge in [0.1, 0.15) is 0 Å². The fourth-order valence-corrected chi connectivity index (χ4v) is 6.19. The maximum absolute atomic E-state index is 13.0. The van der Waals surface area contributed by atoms with Gasteiger partial charge in [0, 0.05) is 19.1 Å². The lowest BCUT2D eigenvalue weighted by Crippen LogP contribution is -2.49. The van der Waals surface area contributed by atoms with E-state index in [4.69, 9.17) is 5.73 Å². The first-order chi connectivity index (χ1) is 13.9. The normalized spacial score (nSPS) is 26.1. The quantitative estimate of drug-likeness (QED) is 0.672. The van der Waals surface area contributed by atoms with Crippen molar-refractivity contribution in [2.75, 3.05) is 13.1 Å². The first kappa shape index (κ1) is 23.0. The second kappa shape index (κ2) is 8.47. The number of hydrogen-bond acceptors (Lipinski definition) is 4. The summed E-state index contributed by atoms with van der Waals surface area (Å²) in [6.45, 7) is 4.48. The second-order valence-electron chi connectivity index (χ2n) is 8.71. The number of nitrogens with zero attached hydrogens (tertiary/aromatic N) is 1. The van der Waals surface area contributed by atoms with Crippen LogP contribution in [0.2, 0.25) is 0 Å². The van der Waals surface area contributed by atoms with Crippen LogP contribution in [-0.2, 0) is 21.0 Å². The summed E-state index contributed by atoms with van der Waals surface area (Å²) in [5.41, 5.74) is 4.54. The highest BCUT2D eigenvalue weighted by atomic mass is 32.2. The molecule has 1 aliphatic carbocycles. The molecule has 0 bridgehead atoms. The lowest BCUT2D eigenvalue weighted by atomic mass is 9.96. The Kier molecular flexibility index (Phi) is 6.50. The highest BCUT2D eigenvalue weighted by Crippen LogP contribution is 2.41. The average Bonchev–Trinajstić information content (AvgIpc) is 3.22. The van der Waals surface area contributed by atoms with E-state index in [9.17, 15) is 26.4 Å². The number of alkyl halides is 3. The fourth-order valence-electron chi connectivity index (χ4n) is 4.61. The van der Waals surface area contributed by atoms with Gasteiger partial charge in [0.15, 0.2) is 0 Å². The molecule has 0 unspecified atom stereocenters. The number of primary amides is 1. The Morgan fingerprint density at radius 1 is 1.27 bits per heavy atom. The summed E-state index contributed by atoms with van der Waals surface area (Å²) in [5, 5.41) is 3.31.